The summed E-state index contributed by atoms with van der Waals surface area (Å²) in [7, 11) is 0. The average molecular weight is 415 g/mol. The number of benzene rings is 3. The van der Waals surface area contributed by atoms with Gasteiger partial charge in [-0.05, 0) is 41.5 Å². The van der Waals surface area contributed by atoms with Crippen LogP contribution >= 0.6 is 0 Å². The van der Waals surface area contributed by atoms with Crippen LogP contribution in [-0.2, 0) is 15.1 Å². The maximum atomic E-state index is 9.16. The van der Waals surface area contributed by atoms with Gasteiger partial charge in [0.2, 0.25) is 0 Å². The third-order valence-corrected chi connectivity index (χ3v) is 5.95. The maximum Gasteiger partial charge on any atom is 0.143 e. The molecular formula is C28H30O3. The first kappa shape index (κ1) is 21.5. The van der Waals surface area contributed by atoms with Crippen LogP contribution in [0, 0.1) is 0 Å². The van der Waals surface area contributed by atoms with Gasteiger partial charge in [-0.3, -0.25) is 0 Å². The van der Waals surface area contributed by atoms with Gasteiger partial charge in [0, 0.05) is 6.61 Å². The Balaban J connectivity index is 1.69. The van der Waals surface area contributed by atoms with Crippen LogP contribution in [-0.4, -0.2) is 30.5 Å². The largest absolute Gasteiger partial charge is 0.396 e. The normalized spacial score (nSPS) is 18.9. The summed E-state index contributed by atoms with van der Waals surface area (Å²) in [5, 5.41) is 9.16. The zero-order chi connectivity index (χ0) is 21.5. The molecule has 0 spiro atoms. The Morgan fingerprint density at radius 2 is 1.32 bits per heavy atom. The highest BCUT2D eigenvalue weighted by atomic mass is 16.6. The minimum absolute atomic E-state index is 0.000302. The summed E-state index contributed by atoms with van der Waals surface area (Å²) in [6.45, 7) is 4.82. The summed E-state index contributed by atoms with van der Waals surface area (Å²) < 4.78 is 13.1. The molecule has 2 atom stereocenters. The Morgan fingerprint density at radius 3 is 1.77 bits per heavy atom. The van der Waals surface area contributed by atoms with Crippen molar-refractivity contribution in [2.75, 3.05) is 13.2 Å². The molecule has 0 radical (unpaired) electrons. The van der Waals surface area contributed by atoms with Crippen LogP contribution in [0.25, 0.3) is 0 Å². The third kappa shape index (κ3) is 4.64. The highest BCUT2D eigenvalue weighted by Gasteiger charge is 2.39. The smallest absolute Gasteiger partial charge is 0.143 e. The minimum atomic E-state index is -0.738. The van der Waals surface area contributed by atoms with E-state index >= 15 is 0 Å². The molecule has 0 unspecified atom stereocenters. The molecule has 3 aromatic rings. The molecule has 1 aliphatic heterocycles. The predicted octanol–water partition coefficient (Wildman–Crippen LogP) is 5.48. The second kappa shape index (κ2) is 10.1. The van der Waals surface area contributed by atoms with Crippen molar-refractivity contribution in [2.24, 2.45) is 0 Å². The van der Waals surface area contributed by atoms with Crippen LogP contribution in [0.15, 0.2) is 103 Å². The van der Waals surface area contributed by atoms with E-state index in [0.29, 0.717) is 6.61 Å². The van der Waals surface area contributed by atoms with Crippen molar-refractivity contribution in [2.45, 2.75) is 37.1 Å². The standard InChI is InChI=1S/C28H30O3/c1-22-20-26(31-27(22)18-11-19-29)21-30-28(23-12-5-2-6-13-23,24-14-7-3-8-15-24)25-16-9-4-10-17-25/h2-10,12-17,26-27,29H,1,11,18-21H2/t26-,27-/m1/s1. The van der Waals surface area contributed by atoms with Gasteiger partial charge < -0.3 is 14.6 Å². The average Bonchev–Trinajstić information content (AvgIpc) is 3.19. The summed E-state index contributed by atoms with van der Waals surface area (Å²) in [5.74, 6) is 0. The first-order valence-electron chi connectivity index (χ1n) is 11.0. The maximum absolute atomic E-state index is 9.16. The van der Waals surface area contributed by atoms with E-state index in [9.17, 15) is 0 Å². The van der Waals surface area contributed by atoms with Crippen LogP contribution in [0.2, 0.25) is 0 Å². The summed E-state index contributed by atoms with van der Waals surface area (Å²) in [6.07, 6.45) is 2.25. The SMILES string of the molecule is C=C1C[C@H](COC(c2ccccc2)(c2ccccc2)c2ccccc2)O[C@@H]1CCCO. The monoisotopic (exact) mass is 414 g/mol. The third-order valence-electron chi connectivity index (χ3n) is 5.95. The Morgan fingerprint density at radius 1 is 0.839 bits per heavy atom. The van der Waals surface area contributed by atoms with Crippen molar-refractivity contribution in [3.63, 3.8) is 0 Å². The Labute approximate surface area is 185 Å². The fourth-order valence-electron chi connectivity index (χ4n) is 4.43. The van der Waals surface area contributed by atoms with E-state index in [0.717, 1.165) is 41.5 Å². The molecule has 0 bridgehead atoms. The van der Waals surface area contributed by atoms with E-state index in [2.05, 4.69) is 79.4 Å². The van der Waals surface area contributed by atoms with E-state index in [1.165, 1.54) is 0 Å². The first-order valence-corrected chi connectivity index (χ1v) is 11.0. The molecule has 4 rings (SSSR count). The topological polar surface area (TPSA) is 38.7 Å². The lowest BCUT2D eigenvalue weighted by molar-refractivity contribution is -0.0620. The van der Waals surface area contributed by atoms with Crippen molar-refractivity contribution in [3.8, 4) is 0 Å². The zero-order valence-electron chi connectivity index (χ0n) is 17.8. The highest BCUT2D eigenvalue weighted by molar-refractivity contribution is 5.47. The van der Waals surface area contributed by atoms with Gasteiger partial charge in [-0.15, -0.1) is 0 Å². The molecule has 3 heteroatoms. The highest BCUT2D eigenvalue weighted by Crippen LogP contribution is 2.41. The molecule has 0 aromatic heterocycles. The number of hydrogen-bond acceptors (Lipinski definition) is 3. The molecule has 0 amide bonds. The number of hydrogen-bond donors (Lipinski definition) is 1. The molecule has 1 fully saturated rings. The molecule has 1 aliphatic rings. The number of rotatable bonds is 9. The molecule has 1 saturated heterocycles. The lowest BCUT2D eigenvalue weighted by atomic mass is 9.80. The van der Waals surface area contributed by atoms with Gasteiger partial charge in [-0.25, -0.2) is 0 Å². The number of aliphatic hydroxyl groups is 1. The Hall–Kier alpha value is -2.72. The van der Waals surface area contributed by atoms with E-state index in [-0.39, 0.29) is 18.8 Å². The molecular weight excluding hydrogens is 384 g/mol. The van der Waals surface area contributed by atoms with E-state index in [1.807, 2.05) is 18.2 Å². The molecule has 3 aromatic carbocycles. The van der Waals surface area contributed by atoms with Crippen LogP contribution < -0.4 is 0 Å². The van der Waals surface area contributed by atoms with Gasteiger partial charge in [0.15, 0.2) is 0 Å². The van der Waals surface area contributed by atoms with Crippen molar-refractivity contribution >= 4 is 0 Å². The van der Waals surface area contributed by atoms with Crippen molar-refractivity contribution < 1.29 is 14.6 Å². The Bertz CT molecular complexity index is 857. The molecule has 160 valence electrons. The van der Waals surface area contributed by atoms with Gasteiger partial charge in [-0.1, -0.05) is 97.6 Å². The lowest BCUT2D eigenvalue weighted by Gasteiger charge is -2.36. The van der Waals surface area contributed by atoms with Gasteiger partial charge >= 0.3 is 0 Å². The minimum Gasteiger partial charge on any atom is -0.396 e. The summed E-state index contributed by atoms with van der Waals surface area (Å²) in [6, 6.07) is 31.1. The van der Waals surface area contributed by atoms with Crippen molar-refractivity contribution in [3.05, 3.63) is 120 Å². The van der Waals surface area contributed by atoms with Gasteiger partial charge in [0.25, 0.3) is 0 Å². The fraction of sp³-hybridized carbons (Fsp3) is 0.286. The predicted molar refractivity (Wildman–Crippen MR) is 124 cm³/mol. The molecule has 31 heavy (non-hydrogen) atoms. The van der Waals surface area contributed by atoms with Crippen molar-refractivity contribution in [1.82, 2.24) is 0 Å². The van der Waals surface area contributed by atoms with Crippen LogP contribution in [0.3, 0.4) is 0 Å². The molecule has 0 aliphatic carbocycles. The zero-order valence-corrected chi connectivity index (χ0v) is 17.8. The Kier molecular flexibility index (Phi) is 6.98. The molecule has 1 heterocycles. The van der Waals surface area contributed by atoms with Crippen LogP contribution in [0.1, 0.15) is 36.0 Å². The summed E-state index contributed by atoms with van der Waals surface area (Å²) in [4.78, 5) is 0. The van der Waals surface area contributed by atoms with Crippen LogP contribution in [0.4, 0.5) is 0 Å². The van der Waals surface area contributed by atoms with Gasteiger partial charge in [-0.2, -0.15) is 0 Å². The summed E-state index contributed by atoms with van der Waals surface area (Å²) >= 11 is 0. The fourth-order valence-corrected chi connectivity index (χ4v) is 4.43. The first-order chi connectivity index (χ1) is 15.2. The second-order valence-corrected chi connectivity index (χ2v) is 8.07. The molecule has 1 N–H and O–H groups in total. The quantitative estimate of drug-likeness (QED) is 0.372. The molecule has 0 saturated carbocycles. The molecule has 3 nitrogen and oxygen atoms in total. The van der Waals surface area contributed by atoms with Gasteiger partial charge in [0.1, 0.15) is 5.60 Å². The number of ether oxygens (including phenoxy) is 2. The summed E-state index contributed by atoms with van der Waals surface area (Å²) in [5.41, 5.74) is 3.60. The second-order valence-electron chi connectivity index (χ2n) is 8.07. The van der Waals surface area contributed by atoms with E-state index in [1.54, 1.807) is 0 Å². The van der Waals surface area contributed by atoms with Crippen molar-refractivity contribution in [1.29, 1.82) is 0 Å². The lowest BCUT2D eigenvalue weighted by Crippen LogP contribution is -2.35. The van der Waals surface area contributed by atoms with Crippen LogP contribution in [0.5, 0.6) is 0 Å². The van der Waals surface area contributed by atoms with Gasteiger partial charge in [0.05, 0.1) is 18.8 Å². The number of aliphatic hydroxyl groups excluding tert-OH is 1. The van der Waals surface area contributed by atoms with E-state index in [4.69, 9.17) is 14.6 Å². The van der Waals surface area contributed by atoms with E-state index < -0.39 is 5.60 Å².